The molecule has 1 saturated carbocycles. The molecule has 1 atom stereocenters. The third-order valence-electron chi connectivity index (χ3n) is 5.60. The third-order valence-corrected chi connectivity index (χ3v) is 5.60. The van der Waals surface area contributed by atoms with Gasteiger partial charge in [0.05, 0.1) is 12.4 Å². The molecule has 0 radical (unpaired) electrons. The average molecular weight is 460 g/mol. The van der Waals surface area contributed by atoms with Gasteiger partial charge >= 0.3 is 12.1 Å². The van der Waals surface area contributed by atoms with Crippen molar-refractivity contribution in [2.75, 3.05) is 24.5 Å². The molecule has 1 aliphatic carbocycles. The van der Waals surface area contributed by atoms with Gasteiger partial charge in [-0.1, -0.05) is 0 Å². The lowest BCUT2D eigenvalue weighted by atomic mass is 10.1. The van der Waals surface area contributed by atoms with Crippen LogP contribution in [0.25, 0.3) is 22.7 Å². The maximum absolute atomic E-state index is 12.8. The van der Waals surface area contributed by atoms with E-state index >= 15 is 0 Å². The predicted molar refractivity (Wildman–Crippen MR) is 109 cm³/mol. The first-order valence-electron chi connectivity index (χ1n) is 10.4. The molecule has 12 heteroatoms. The van der Waals surface area contributed by atoms with Crippen LogP contribution in [0, 0.1) is 5.92 Å². The van der Waals surface area contributed by atoms with E-state index in [0.29, 0.717) is 23.5 Å². The van der Waals surface area contributed by atoms with Crippen molar-refractivity contribution < 1.29 is 27.1 Å². The van der Waals surface area contributed by atoms with Crippen molar-refractivity contribution in [1.82, 2.24) is 25.5 Å². The predicted octanol–water partition coefficient (Wildman–Crippen LogP) is 2.85. The fourth-order valence-corrected chi connectivity index (χ4v) is 3.79. The maximum atomic E-state index is 12.8. The summed E-state index contributed by atoms with van der Waals surface area (Å²) in [5.74, 6) is -1.43. The molecule has 2 aliphatic rings. The van der Waals surface area contributed by atoms with Gasteiger partial charge in [0.25, 0.3) is 0 Å². The Kier molecular flexibility index (Phi) is 5.44. The van der Waals surface area contributed by atoms with E-state index in [0.717, 1.165) is 19.6 Å². The maximum Gasteiger partial charge on any atom is 0.491 e. The molecule has 3 aromatic rings. The van der Waals surface area contributed by atoms with Gasteiger partial charge in [-0.05, 0) is 37.0 Å². The molecule has 1 aliphatic heterocycles. The number of rotatable bonds is 5. The summed E-state index contributed by atoms with van der Waals surface area (Å²) in [5.41, 5.74) is 0.625. The Bertz CT molecular complexity index is 1130. The number of carbonyl (C=O) groups excluding carboxylic acids is 1. The first kappa shape index (κ1) is 21.3. The second-order valence-corrected chi connectivity index (χ2v) is 7.92. The number of alkyl halides is 3. The topological polar surface area (TPSA) is 106 Å². The van der Waals surface area contributed by atoms with Gasteiger partial charge in [-0.15, -0.1) is 10.2 Å². The SMILES string of the molecule is O=C(Oc1cc(-c2ncco2)ccc1-c1cnc(N2CCN[C@@H](C3CC3)C2)nn1)C(F)(F)F. The number of nitrogens with zero attached hydrogens (tertiary/aromatic N) is 5. The second-order valence-electron chi connectivity index (χ2n) is 7.92. The zero-order valence-electron chi connectivity index (χ0n) is 17.2. The number of aromatic nitrogens is 4. The zero-order valence-corrected chi connectivity index (χ0v) is 17.2. The van der Waals surface area contributed by atoms with Gasteiger partial charge in [-0.25, -0.2) is 14.8 Å². The molecule has 2 aromatic heterocycles. The molecule has 0 bridgehead atoms. The van der Waals surface area contributed by atoms with Gasteiger partial charge < -0.3 is 19.4 Å². The van der Waals surface area contributed by atoms with E-state index in [2.05, 4.69) is 30.2 Å². The van der Waals surface area contributed by atoms with E-state index in [1.807, 2.05) is 4.90 Å². The van der Waals surface area contributed by atoms with E-state index < -0.39 is 12.1 Å². The monoisotopic (exact) mass is 460 g/mol. The number of carbonyl (C=O) groups is 1. The van der Waals surface area contributed by atoms with E-state index in [1.165, 1.54) is 43.6 Å². The van der Waals surface area contributed by atoms with Crippen LogP contribution in [0.5, 0.6) is 5.75 Å². The first-order chi connectivity index (χ1) is 15.9. The molecular formula is C21H19F3N6O3. The summed E-state index contributed by atoms with van der Waals surface area (Å²) in [6.07, 6.45) is 1.39. The van der Waals surface area contributed by atoms with Crippen LogP contribution >= 0.6 is 0 Å². The summed E-state index contributed by atoms with van der Waals surface area (Å²) in [7, 11) is 0. The number of hydrogen-bond acceptors (Lipinski definition) is 9. The van der Waals surface area contributed by atoms with E-state index in [-0.39, 0.29) is 22.9 Å². The number of benzene rings is 1. The number of esters is 1. The standard InChI is InChI=1S/C21H19F3N6O3/c22-21(23,24)19(31)33-17-9-13(18-26-6-8-32-18)3-4-14(17)15-10-27-20(29-28-15)30-7-5-25-16(11-30)12-1-2-12/h3-4,6,8-10,12,16,25H,1-2,5,7,11H2/t16-/m1/s1. The zero-order chi connectivity index (χ0) is 23.0. The number of ether oxygens (including phenoxy) is 1. The highest BCUT2D eigenvalue weighted by Gasteiger charge is 2.42. The fourth-order valence-electron chi connectivity index (χ4n) is 3.79. The Morgan fingerprint density at radius 2 is 2.06 bits per heavy atom. The Morgan fingerprint density at radius 3 is 2.73 bits per heavy atom. The minimum atomic E-state index is -5.16. The van der Waals surface area contributed by atoms with E-state index in [1.54, 1.807) is 6.07 Å². The lowest BCUT2D eigenvalue weighted by Gasteiger charge is -2.33. The number of halogens is 3. The van der Waals surface area contributed by atoms with Crippen LogP contribution in [0.3, 0.4) is 0 Å². The third kappa shape index (κ3) is 4.65. The average Bonchev–Trinajstić information content (AvgIpc) is 3.52. The Morgan fingerprint density at radius 1 is 1.21 bits per heavy atom. The summed E-state index contributed by atoms with van der Waals surface area (Å²) in [6, 6.07) is 4.64. The van der Waals surface area contributed by atoms with Gasteiger partial charge in [0, 0.05) is 36.8 Å². The highest BCUT2D eigenvalue weighted by molar-refractivity contribution is 5.82. The first-order valence-corrected chi connectivity index (χ1v) is 10.4. The molecule has 1 saturated heterocycles. The highest BCUT2D eigenvalue weighted by Crippen LogP contribution is 2.35. The van der Waals surface area contributed by atoms with Crippen LogP contribution in [0.15, 0.2) is 41.3 Å². The molecule has 9 nitrogen and oxygen atoms in total. The molecule has 2 fully saturated rings. The minimum absolute atomic E-state index is 0.130. The Balaban J connectivity index is 1.43. The van der Waals surface area contributed by atoms with Crippen LogP contribution in [-0.2, 0) is 4.79 Å². The van der Waals surface area contributed by atoms with Crippen molar-refractivity contribution in [3.05, 3.63) is 36.9 Å². The molecule has 0 amide bonds. The molecule has 0 spiro atoms. The summed E-state index contributed by atoms with van der Waals surface area (Å²) in [4.78, 5) is 21.9. The second kappa shape index (κ2) is 8.43. The highest BCUT2D eigenvalue weighted by atomic mass is 19.4. The van der Waals surface area contributed by atoms with Gasteiger partial charge in [-0.2, -0.15) is 13.2 Å². The number of oxazole rings is 1. The van der Waals surface area contributed by atoms with Gasteiger partial charge in [0.1, 0.15) is 17.7 Å². The summed E-state index contributed by atoms with van der Waals surface area (Å²) in [6.45, 7) is 2.31. The van der Waals surface area contributed by atoms with Crippen molar-refractivity contribution in [2.24, 2.45) is 5.92 Å². The van der Waals surface area contributed by atoms with E-state index in [9.17, 15) is 18.0 Å². The number of nitrogens with one attached hydrogen (secondary N) is 1. The van der Waals surface area contributed by atoms with Crippen LogP contribution in [0.1, 0.15) is 12.8 Å². The Labute approximate surface area is 186 Å². The summed E-state index contributed by atoms with van der Waals surface area (Å²) in [5, 5.41) is 11.8. The molecule has 1 aromatic carbocycles. The molecule has 1 N–H and O–H groups in total. The quantitative estimate of drug-likeness (QED) is 0.454. The molecule has 5 rings (SSSR count). The van der Waals surface area contributed by atoms with Crippen molar-refractivity contribution in [2.45, 2.75) is 25.1 Å². The number of hydrogen-bond donors (Lipinski definition) is 1. The van der Waals surface area contributed by atoms with Crippen molar-refractivity contribution in [3.8, 4) is 28.5 Å². The number of anilines is 1. The van der Waals surface area contributed by atoms with Gasteiger partial charge in [0.15, 0.2) is 0 Å². The van der Waals surface area contributed by atoms with Gasteiger partial charge in [0.2, 0.25) is 11.8 Å². The summed E-state index contributed by atoms with van der Waals surface area (Å²) < 4.78 is 48.3. The van der Waals surface area contributed by atoms with E-state index in [4.69, 9.17) is 4.42 Å². The lowest BCUT2D eigenvalue weighted by Crippen LogP contribution is -2.52. The van der Waals surface area contributed by atoms with Crippen LogP contribution < -0.4 is 15.0 Å². The van der Waals surface area contributed by atoms with Gasteiger partial charge in [-0.3, -0.25) is 0 Å². The Hall–Kier alpha value is -3.54. The fraction of sp³-hybridized carbons (Fsp3) is 0.381. The van der Waals surface area contributed by atoms with Crippen LogP contribution in [0.4, 0.5) is 19.1 Å². The van der Waals surface area contributed by atoms with Crippen molar-refractivity contribution >= 4 is 11.9 Å². The summed E-state index contributed by atoms with van der Waals surface area (Å²) >= 11 is 0. The van der Waals surface area contributed by atoms with Crippen molar-refractivity contribution in [3.63, 3.8) is 0 Å². The normalized spacial score (nSPS) is 18.9. The smallest absolute Gasteiger partial charge is 0.445 e. The molecular weight excluding hydrogens is 441 g/mol. The molecule has 0 unspecified atom stereocenters. The van der Waals surface area contributed by atoms with Crippen LogP contribution in [0.2, 0.25) is 0 Å². The largest absolute Gasteiger partial charge is 0.491 e. The number of piperazine rings is 1. The molecule has 3 heterocycles. The van der Waals surface area contributed by atoms with Crippen molar-refractivity contribution in [1.29, 1.82) is 0 Å². The lowest BCUT2D eigenvalue weighted by molar-refractivity contribution is -0.189. The minimum Gasteiger partial charge on any atom is -0.445 e. The molecule has 172 valence electrons. The molecule has 33 heavy (non-hydrogen) atoms. The van der Waals surface area contributed by atoms with Crippen LogP contribution in [-0.4, -0.2) is 58.0 Å².